The largest absolute Gasteiger partial charge is 0.338 e. The molecule has 3 aliphatic rings. The summed E-state index contributed by atoms with van der Waals surface area (Å²) in [6.45, 7) is 8.86. The number of thioether (sulfide) groups is 2. The number of nitrogens with zero attached hydrogens (tertiary/aromatic N) is 3. The lowest BCUT2D eigenvalue weighted by Crippen LogP contribution is -2.60. The minimum Gasteiger partial charge on any atom is -0.338 e. The quantitative estimate of drug-likeness (QED) is 0.736. The van der Waals surface area contributed by atoms with Crippen LogP contribution in [0.4, 0.5) is 5.69 Å². The van der Waals surface area contributed by atoms with E-state index < -0.39 is 0 Å². The highest BCUT2D eigenvalue weighted by molar-refractivity contribution is 8.04. The molecule has 3 amide bonds. The lowest BCUT2D eigenvalue weighted by atomic mass is 10.1. The number of hydrogen-bond acceptors (Lipinski definition) is 6. The molecule has 3 saturated heterocycles. The molecule has 9 heteroatoms. The third kappa shape index (κ3) is 4.59. The van der Waals surface area contributed by atoms with Gasteiger partial charge in [0.1, 0.15) is 6.04 Å². The number of para-hydroxylation sites is 1. The van der Waals surface area contributed by atoms with E-state index in [-0.39, 0.29) is 28.6 Å². The normalized spacial score (nSPS) is 26.7. The first kappa shape index (κ1) is 22.5. The highest BCUT2D eigenvalue weighted by Gasteiger charge is 2.52. The van der Waals surface area contributed by atoms with Crippen molar-refractivity contribution in [2.24, 2.45) is 0 Å². The number of piperazine rings is 1. The van der Waals surface area contributed by atoms with E-state index in [2.05, 4.69) is 17.1 Å². The van der Waals surface area contributed by atoms with E-state index in [0.717, 1.165) is 22.6 Å². The number of aryl methyl sites for hydroxylation is 2. The van der Waals surface area contributed by atoms with Crippen LogP contribution in [0.25, 0.3) is 0 Å². The van der Waals surface area contributed by atoms with Gasteiger partial charge in [-0.3, -0.25) is 19.3 Å². The predicted molar refractivity (Wildman–Crippen MR) is 126 cm³/mol. The molecular weight excluding hydrogens is 432 g/mol. The Kier molecular flexibility index (Phi) is 6.55. The van der Waals surface area contributed by atoms with Crippen LogP contribution >= 0.6 is 23.5 Å². The number of nitrogens with one attached hydrogen (secondary N) is 1. The number of carbonyl (C=O) groups is 3. The van der Waals surface area contributed by atoms with Gasteiger partial charge < -0.3 is 15.1 Å². The molecule has 0 aromatic heterocycles. The van der Waals surface area contributed by atoms with Crippen molar-refractivity contribution in [3.05, 3.63) is 29.3 Å². The summed E-state index contributed by atoms with van der Waals surface area (Å²) in [5, 5.41) is 3.03. The Hall–Kier alpha value is -1.71. The Morgan fingerprint density at radius 3 is 2.52 bits per heavy atom. The zero-order chi connectivity index (χ0) is 22.2. The fraction of sp³-hybridized carbons (Fsp3) is 0.591. The van der Waals surface area contributed by atoms with Crippen molar-refractivity contribution in [3.8, 4) is 0 Å². The highest BCUT2D eigenvalue weighted by Crippen LogP contribution is 2.44. The van der Waals surface area contributed by atoms with Crippen LogP contribution in [0.3, 0.4) is 0 Å². The number of carbonyl (C=O) groups excluding carboxylic acids is 3. The molecule has 168 valence electrons. The average Bonchev–Trinajstić information content (AvgIpc) is 3.09. The summed E-state index contributed by atoms with van der Waals surface area (Å²) in [5.41, 5.74) is 2.99. The standard InChI is InChI=1S/C22H30N4O3S2/c1-15-5-4-6-16(2)20(15)23-18(27)11-24-7-9-25(10-8-24)21(29)17-12-31-22(3)14-30-13-19(28)26(17)22/h4-6,17H,7-14H2,1-3H3,(H,23,27)/t17-,22+/m0/s1. The maximum absolute atomic E-state index is 13.2. The third-order valence-electron chi connectivity index (χ3n) is 6.32. The molecule has 1 aromatic rings. The summed E-state index contributed by atoms with van der Waals surface area (Å²) < 4.78 is 0. The van der Waals surface area contributed by atoms with Crippen LogP contribution in [-0.2, 0) is 14.4 Å². The van der Waals surface area contributed by atoms with E-state index in [0.29, 0.717) is 44.2 Å². The van der Waals surface area contributed by atoms with Gasteiger partial charge in [0.2, 0.25) is 17.7 Å². The lowest BCUT2D eigenvalue weighted by Gasteiger charge is -2.42. The average molecular weight is 463 g/mol. The smallest absolute Gasteiger partial charge is 0.246 e. The van der Waals surface area contributed by atoms with Crippen LogP contribution < -0.4 is 5.32 Å². The van der Waals surface area contributed by atoms with E-state index in [9.17, 15) is 14.4 Å². The summed E-state index contributed by atoms with van der Waals surface area (Å²) in [7, 11) is 0. The van der Waals surface area contributed by atoms with Crippen molar-refractivity contribution in [2.45, 2.75) is 31.7 Å². The number of hydrogen-bond donors (Lipinski definition) is 1. The van der Waals surface area contributed by atoms with Gasteiger partial charge in [-0.25, -0.2) is 0 Å². The van der Waals surface area contributed by atoms with Gasteiger partial charge >= 0.3 is 0 Å². The van der Waals surface area contributed by atoms with E-state index in [1.807, 2.05) is 41.8 Å². The molecule has 3 fully saturated rings. The Bertz CT molecular complexity index is 867. The second-order valence-electron chi connectivity index (χ2n) is 8.67. The minimum atomic E-state index is -0.359. The molecule has 3 aliphatic heterocycles. The van der Waals surface area contributed by atoms with Gasteiger partial charge in [0, 0.05) is 43.4 Å². The summed E-state index contributed by atoms with van der Waals surface area (Å²) >= 11 is 3.37. The van der Waals surface area contributed by atoms with Gasteiger partial charge in [-0.15, -0.1) is 23.5 Å². The van der Waals surface area contributed by atoms with Gasteiger partial charge in [0.15, 0.2) is 0 Å². The Balaban J connectivity index is 1.30. The molecule has 2 atom stereocenters. The molecule has 0 unspecified atom stereocenters. The molecule has 4 rings (SSSR count). The molecule has 7 nitrogen and oxygen atoms in total. The number of rotatable bonds is 4. The summed E-state index contributed by atoms with van der Waals surface area (Å²) in [4.78, 5) is 43.8. The fourth-order valence-electron chi connectivity index (χ4n) is 4.59. The third-order valence-corrected chi connectivity index (χ3v) is 9.16. The molecule has 3 heterocycles. The summed E-state index contributed by atoms with van der Waals surface area (Å²) in [6, 6.07) is 5.61. The molecule has 0 radical (unpaired) electrons. The van der Waals surface area contributed by atoms with Crippen molar-refractivity contribution in [3.63, 3.8) is 0 Å². The molecule has 31 heavy (non-hydrogen) atoms. The van der Waals surface area contributed by atoms with Gasteiger partial charge in [-0.1, -0.05) is 18.2 Å². The van der Waals surface area contributed by atoms with Crippen molar-refractivity contribution in [1.82, 2.24) is 14.7 Å². The van der Waals surface area contributed by atoms with E-state index in [4.69, 9.17) is 0 Å². The fourth-order valence-corrected chi connectivity index (χ4v) is 7.28. The van der Waals surface area contributed by atoms with Crippen LogP contribution in [0.5, 0.6) is 0 Å². The van der Waals surface area contributed by atoms with Crippen molar-refractivity contribution in [2.75, 3.05) is 55.3 Å². The van der Waals surface area contributed by atoms with Crippen molar-refractivity contribution >= 4 is 46.9 Å². The SMILES string of the molecule is Cc1cccc(C)c1NC(=O)CN1CCN(C(=O)[C@@H]2CS[C@]3(C)CSCC(=O)N23)CC1. The molecule has 0 spiro atoms. The lowest BCUT2D eigenvalue weighted by molar-refractivity contribution is -0.146. The van der Waals surface area contributed by atoms with Crippen LogP contribution in [-0.4, -0.2) is 93.3 Å². The van der Waals surface area contributed by atoms with Crippen molar-refractivity contribution in [1.29, 1.82) is 0 Å². The molecule has 0 saturated carbocycles. The Morgan fingerprint density at radius 2 is 1.84 bits per heavy atom. The Labute approximate surface area is 192 Å². The molecular formula is C22H30N4O3S2. The van der Waals surface area contributed by atoms with Gasteiger partial charge in [-0.05, 0) is 31.9 Å². The number of fused-ring (bicyclic) bond motifs is 1. The number of benzene rings is 1. The topological polar surface area (TPSA) is 73.0 Å². The molecule has 1 N–H and O–H groups in total. The van der Waals surface area contributed by atoms with Crippen LogP contribution in [0.1, 0.15) is 18.1 Å². The molecule has 0 bridgehead atoms. The molecule has 0 aliphatic carbocycles. The predicted octanol–water partition coefficient (Wildman–Crippen LogP) is 1.79. The molecule has 1 aromatic carbocycles. The van der Waals surface area contributed by atoms with Gasteiger partial charge in [-0.2, -0.15) is 0 Å². The van der Waals surface area contributed by atoms with E-state index >= 15 is 0 Å². The van der Waals surface area contributed by atoms with E-state index in [1.165, 1.54) is 0 Å². The first-order valence-electron chi connectivity index (χ1n) is 10.7. The number of anilines is 1. The monoisotopic (exact) mass is 462 g/mol. The maximum Gasteiger partial charge on any atom is 0.246 e. The maximum atomic E-state index is 13.2. The second kappa shape index (κ2) is 9.03. The van der Waals surface area contributed by atoms with Gasteiger partial charge in [0.05, 0.1) is 17.2 Å². The highest BCUT2D eigenvalue weighted by atomic mass is 32.2. The Morgan fingerprint density at radius 1 is 1.16 bits per heavy atom. The van der Waals surface area contributed by atoms with Crippen LogP contribution in [0.15, 0.2) is 18.2 Å². The van der Waals surface area contributed by atoms with Crippen molar-refractivity contribution < 1.29 is 14.4 Å². The van der Waals surface area contributed by atoms with Gasteiger partial charge in [0.25, 0.3) is 0 Å². The number of amides is 3. The van der Waals surface area contributed by atoms with E-state index in [1.54, 1.807) is 23.5 Å². The second-order valence-corrected chi connectivity index (χ2v) is 11.2. The summed E-state index contributed by atoms with van der Waals surface area (Å²) in [6.07, 6.45) is 0. The van der Waals surface area contributed by atoms with Crippen LogP contribution in [0, 0.1) is 13.8 Å². The van der Waals surface area contributed by atoms with Crippen LogP contribution in [0.2, 0.25) is 0 Å². The first-order chi connectivity index (χ1) is 14.8. The first-order valence-corrected chi connectivity index (χ1v) is 12.8. The zero-order valence-corrected chi connectivity index (χ0v) is 20.0. The summed E-state index contributed by atoms with van der Waals surface area (Å²) in [5.74, 6) is 2.09. The zero-order valence-electron chi connectivity index (χ0n) is 18.3. The minimum absolute atomic E-state index is 0.0310.